The first kappa shape index (κ1) is 13.6. The van der Waals surface area contributed by atoms with Crippen LogP contribution in [0.4, 0.5) is 0 Å². The predicted octanol–water partition coefficient (Wildman–Crippen LogP) is 1.79. The molecule has 4 nitrogen and oxygen atoms in total. The van der Waals surface area contributed by atoms with Gasteiger partial charge < -0.3 is 19.6 Å². The first-order chi connectivity index (χ1) is 8.58. The lowest BCUT2D eigenvalue weighted by molar-refractivity contribution is 0.0226. The molecule has 0 spiro atoms. The number of aliphatic hydroxyl groups is 1. The topological polar surface area (TPSA) is 54.6 Å². The second-order valence-corrected chi connectivity index (χ2v) is 5.80. The molecule has 1 aromatic rings. The summed E-state index contributed by atoms with van der Waals surface area (Å²) >= 11 is 0. The van der Waals surface area contributed by atoms with E-state index in [0.717, 1.165) is 18.2 Å². The van der Waals surface area contributed by atoms with E-state index in [-0.39, 0.29) is 0 Å². The molecule has 0 amide bonds. The summed E-state index contributed by atoms with van der Waals surface area (Å²) in [4.78, 5) is 0. The summed E-state index contributed by atoms with van der Waals surface area (Å²) in [5.41, 5.74) is 0.494. The Balaban J connectivity index is 1.49. The highest BCUT2D eigenvalue weighted by atomic mass is 16.5. The Morgan fingerprint density at radius 2 is 2.39 bits per heavy atom. The van der Waals surface area contributed by atoms with Gasteiger partial charge in [-0.15, -0.1) is 0 Å². The molecular weight excluding hydrogens is 230 g/mol. The first-order valence-electron chi connectivity index (χ1n) is 6.57. The smallest absolute Gasteiger partial charge is 0.129 e. The molecule has 102 valence electrons. The van der Waals surface area contributed by atoms with Crippen molar-refractivity contribution in [3.8, 4) is 0 Å². The van der Waals surface area contributed by atoms with Crippen molar-refractivity contribution in [2.75, 3.05) is 19.7 Å². The van der Waals surface area contributed by atoms with Crippen molar-refractivity contribution in [2.24, 2.45) is 11.3 Å². The molecule has 2 unspecified atom stereocenters. The number of rotatable bonds is 8. The third kappa shape index (κ3) is 4.12. The van der Waals surface area contributed by atoms with Crippen molar-refractivity contribution in [1.29, 1.82) is 0 Å². The molecular formula is C14H23NO3. The van der Waals surface area contributed by atoms with Crippen LogP contribution in [0.2, 0.25) is 0 Å². The minimum atomic E-state index is -0.457. The van der Waals surface area contributed by atoms with Gasteiger partial charge in [-0.2, -0.15) is 0 Å². The molecule has 0 bridgehead atoms. The van der Waals surface area contributed by atoms with Crippen molar-refractivity contribution >= 4 is 0 Å². The monoisotopic (exact) mass is 253 g/mol. The number of hydrogen-bond acceptors (Lipinski definition) is 4. The number of aliphatic hydroxyl groups excluding tert-OH is 1. The fraction of sp³-hybridized carbons (Fsp3) is 0.714. The number of hydrogen-bond donors (Lipinski definition) is 2. The summed E-state index contributed by atoms with van der Waals surface area (Å²) in [6, 6.07) is 3.69. The van der Waals surface area contributed by atoms with Gasteiger partial charge in [0, 0.05) is 6.54 Å². The van der Waals surface area contributed by atoms with Gasteiger partial charge in [-0.25, -0.2) is 0 Å². The van der Waals surface area contributed by atoms with E-state index in [4.69, 9.17) is 9.15 Å². The van der Waals surface area contributed by atoms with E-state index in [2.05, 4.69) is 19.2 Å². The van der Waals surface area contributed by atoms with Gasteiger partial charge in [-0.3, -0.25) is 0 Å². The predicted molar refractivity (Wildman–Crippen MR) is 69.1 cm³/mol. The summed E-state index contributed by atoms with van der Waals surface area (Å²) in [7, 11) is 0. The van der Waals surface area contributed by atoms with Crippen LogP contribution in [0.1, 0.15) is 26.0 Å². The summed E-state index contributed by atoms with van der Waals surface area (Å²) < 4.78 is 10.5. The molecule has 18 heavy (non-hydrogen) atoms. The van der Waals surface area contributed by atoms with Crippen LogP contribution in [-0.4, -0.2) is 30.9 Å². The van der Waals surface area contributed by atoms with Crippen LogP contribution < -0.4 is 5.32 Å². The molecule has 1 aromatic heterocycles. The third-order valence-electron chi connectivity index (χ3n) is 3.62. The van der Waals surface area contributed by atoms with E-state index in [0.29, 0.717) is 25.2 Å². The minimum absolute atomic E-state index is 0.335. The standard InChI is InChI=1S/C14H23NO3/c1-14(2)6-11(14)7-15-8-12(16)9-17-10-13-4-3-5-18-13/h3-5,11-12,15-16H,6-10H2,1-2H3. The van der Waals surface area contributed by atoms with Gasteiger partial charge in [-0.05, 0) is 36.4 Å². The molecule has 1 saturated carbocycles. The van der Waals surface area contributed by atoms with Gasteiger partial charge in [0.25, 0.3) is 0 Å². The first-order valence-corrected chi connectivity index (χ1v) is 6.57. The quantitative estimate of drug-likeness (QED) is 0.741. The Bertz CT molecular complexity index is 348. The van der Waals surface area contributed by atoms with Crippen LogP contribution in [-0.2, 0) is 11.3 Å². The van der Waals surface area contributed by atoms with Crippen LogP contribution in [0.15, 0.2) is 22.8 Å². The SMILES string of the molecule is CC1(C)CC1CNCC(O)COCc1ccco1. The zero-order valence-electron chi connectivity index (χ0n) is 11.2. The van der Waals surface area contributed by atoms with Gasteiger partial charge in [0.05, 0.1) is 19.0 Å². The summed E-state index contributed by atoms with van der Waals surface area (Å²) in [6.45, 7) is 6.89. The lowest BCUT2D eigenvalue weighted by Crippen LogP contribution is -2.32. The van der Waals surface area contributed by atoms with Crippen molar-refractivity contribution in [2.45, 2.75) is 33.0 Å². The molecule has 2 N–H and O–H groups in total. The van der Waals surface area contributed by atoms with Gasteiger partial charge in [-0.1, -0.05) is 13.8 Å². The van der Waals surface area contributed by atoms with E-state index in [9.17, 15) is 5.11 Å². The van der Waals surface area contributed by atoms with Gasteiger partial charge in [0.15, 0.2) is 0 Å². The van der Waals surface area contributed by atoms with Crippen LogP contribution in [0.5, 0.6) is 0 Å². The molecule has 0 aromatic carbocycles. The number of furan rings is 1. The lowest BCUT2D eigenvalue weighted by Gasteiger charge is -2.12. The second-order valence-electron chi connectivity index (χ2n) is 5.80. The fourth-order valence-corrected chi connectivity index (χ4v) is 2.10. The molecule has 0 saturated heterocycles. The molecule has 1 aliphatic carbocycles. The van der Waals surface area contributed by atoms with Crippen LogP contribution >= 0.6 is 0 Å². The fourth-order valence-electron chi connectivity index (χ4n) is 2.10. The maximum absolute atomic E-state index is 9.72. The van der Waals surface area contributed by atoms with E-state index in [1.54, 1.807) is 6.26 Å². The molecule has 1 heterocycles. The van der Waals surface area contributed by atoms with Crippen LogP contribution in [0.3, 0.4) is 0 Å². The highest BCUT2D eigenvalue weighted by molar-refractivity contribution is 4.96. The Hall–Kier alpha value is -0.840. The zero-order valence-corrected chi connectivity index (χ0v) is 11.2. The average molecular weight is 253 g/mol. The van der Waals surface area contributed by atoms with E-state index >= 15 is 0 Å². The van der Waals surface area contributed by atoms with Crippen LogP contribution in [0.25, 0.3) is 0 Å². The van der Waals surface area contributed by atoms with Crippen LogP contribution in [0, 0.1) is 11.3 Å². The second kappa shape index (κ2) is 5.87. The van der Waals surface area contributed by atoms with E-state index in [1.165, 1.54) is 6.42 Å². The Morgan fingerprint density at radius 3 is 3.00 bits per heavy atom. The zero-order chi connectivity index (χ0) is 13.0. The third-order valence-corrected chi connectivity index (χ3v) is 3.62. The van der Waals surface area contributed by atoms with Crippen molar-refractivity contribution in [3.63, 3.8) is 0 Å². The molecule has 0 aliphatic heterocycles. The highest BCUT2D eigenvalue weighted by Crippen LogP contribution is 2.50. The lowest BCUT2D eigenvalue weighted by atomic mass is 10.1. The van der Waals surface area contributed by atoms with E-state index in [1.807, 2.05) is 12.1 Å². The van der Waals surface area contributed by atoms with Crippen molar-refractivity contribution < 1.29 is 14.3 Å². The normalized spacial score (nSPS) is 22.9. The number of nitrogens with one attached hydrogen (secondary N) is 1. The average Bonchev–Trinajstić information content (AvgIpc) is 2.75. The molecule has 1 aliphatic rings. The summed E-state index contributed by atoms with van der Waals surface area (Å²) in [6.07, 6.45) is 2.45. The summed E-state index contributed by atoms with van der Waals surface area (Å²) in [5, 5.41) is 13.0. The molecule has 2 rings (SSSR count). The Labute approximate surface area is 108 Å². The van der Waals surface area contributed by atoms with Crippen molar-refractivity contribution in [1.82, 2.24) is 5.32 Å². The molecule has 1 fully saturated rings. The Kier molecular flexibility index (Phi) is 4.43. The molecule has 0 radical (unpaired) electrons. The molecule has 2 atom stereocenters. The minimum Gasteiger partial charge on any atom is -0.467 e. The molecule has 4 heteroatoms. The maximum atomic E-state index is 9.72. The maximum Gasteiger partial charge on any atom is 0.129 e. The van der Waals surface area contributed by atoms with Gasteiger partial charge in [0.1, 0.15) is 12.4 Å². The number of ether oxygens (including phenoxy) is 1. The Morgan fingerprint density at radius 1 is 1.61 bits per heavy atom. The largest absolute Gasteiger partial charge is 0.467 e. The summed E-state index contributed by atoms with van der Waals surface area (Å²) in [5.74, 6) is 1.55. The van der Waals surface area contributed by atoms with Crippen molar-refractivity contribution in [3.05, 3.63) is 24.2 Å². The van der Waals surface area contributed by atoms with E-state index < -0.39 is 6.10 Å². The van der Waals surface area contributed by atoms with Gasteiger partial charge in [0.2, 0.25) is 0 Å². The highest BCUT2D eigenvalue weighted by Gasteiger charge is 2.44. The van der Waals surface area contributed by atoms with Gasteiger partial charge >= 0.3 is 0 Å².